The largest absolute Gasteiger partial charge is 0.455 e. The number of ether oxygens (including phenoxy) is 1. The van der Waals surface area contributed by atoms with Crippen molar-refractivity contribution in [1.82, 2.24) is 5.32 Å². The molecule has 0 atom stereocenters. The number of allylic oxidation sites excluding steroid dienone is 2. The van der Waals surface area contributed by atoms with Crippen LogP contribution in [0, 0.1) is 0 Å². The molecule has 0 aromatic heterocycles. The summed E-state index contributed by atoms with van der Waals surface area (Å²) < 4.78 is 5.17. The van der Waals surface area contributed by atoms with Gasteiger partial charge in [-0.2, -0.15) is 0 Å². The highest BCUT2D eigenvalue weighted by Gasteiger charge is 2.19. The van der Waals surface area contributed by atoms with E-state index in [-0.39, 0.29) is 5.97 Å². The van der Waals surface area contributed by atoms with Gasteiger partial charge in [-0.15, -0.1) is 0 Å². The minimum absolute atomic E-state index is 0.295. The van der Waals surface area contributed by atoms with Gasteiger partial charge in [-0.1, -0.05) is 12.2 Å². The summed E-state index contributed by atoms with van der Waals surface area (Å²) in [5, 5.41) is 2.94. The normalized spacial score (nSPS) is 16.1. The van der Waals surface area contributed by atoms with Gasteiger partial charge in [-0.05, 0) is 26.8 Å². The zero-order valence-electron chi connectivity index (χ0n) is 8.26. The summed E-state index contributed by atoms with van der Waals surface area (Å²) in [6.07, 6.45) is 5.50. The Kier molecular flexibility index (Phi) is 2.76. The molecule has 1 aliphatic heterocycles. The zero-order valence-corrected chi connectivity index (χ0v) is 8.26. The van der Waals surface area contributed by atoms with Crippen LogP contribution in [0.5, 0.6) is 0 Å². The molecule has 3 heteroatoms. The highest BCUT2D eigenvalue weighted by atomic mass is 16.6. The molecule has 0 saturated carbocycles. The molecular formula is C10H15NO2. The minimum Gasteiger partial charge on any atom is -0.455 e. The van der Waals surface area contributed by atoms with E-state index < -0.39 is 5.60 Å². The summed E-state index contributed by atoms with van der Waals surface area (Å²) in [5.41, 5.74) is 0.0956. The average molecular weight is 181 g/mol. The van der Waals surface area contributed by atoms with Crippen molar-refractivity contribution in [2.45, 2.75) is 26.4 Å². The zero-order chi connectivity index (χ0) is 9.90. The lowest BCUT2D eigenvalue weighted by atomic mass is 10.2. The Morgan fingerprint density at radius 1 is 1.54 bits per heavy atom. The summed E-state index contributed by atoms with van der Waals surface area (Å²) in [6, 6.07) is 0. The highest BCUT2D eigenvalue weighted by Crippen LogP contribution is 2.10. The number of rotatable bonds is 1. The third-order valence-electron chi connectivity index (χ3n) is 1.43. The lowest BCUT2D eigenvalue weighted by Gasteiger charge is -2.21. The van der Waals surface area contributed by atoms with Crippen molar-refractivity contribution in [2.75, 3.05) is 6.54 Å². The first-order valence-electron chi connectivity index (χ1n) is 4.33. The monoisotopic (exact) mass is 181 g/mol. The Balaban J connectivity index is 2.58. The van der Waals surface area contributed by atoms with Crippen LogP contribution in [0.1, 0.15) is 20.8 Å². The van der Waals surface area contributed by atoms with Crippen molar-refractivity contribution in [3.8, 4) is 0 Å². The number of hydrogen-bond acceptors (Lipinski definition) is 3. The molecule has 0 radical (unpaired) electrons. The molecule has 0 bridgehead atoms. The molecule has 72 valence electrons. The third kappa shape index (κ3) is 3.32. The van der Waals surface area contributed by atoms with E-state index >= 15 is 0 Å². The van der Waals surface area contributed by atoms with E-state index in [0.29, 0.717) is 12.2 Å². The van der Waals surface area contributed by atoms with Crippen LogP contribution in [0.25, 0.3) is 0 Å². The van der Waals surface area contributed by atoms with E-state index in [0.717, 1.165) is 0 Å². The fourth-order valence-corrected chi connectivity index (χ4v) is 0.933. The molecule has 3 nitrogen and oxygen atoms in total. The van der Waals surface area contributed by atoms with Crippen LogP contribution in [0.4, 0.5) is 0 Å². The third-order valence-corrected chi connectivity index (χ3v) is 1.43. The molecular weight excluding hydrogens is 166 g/mol. The maximum Gasteiger partial charge on any atom is 0.354 e. The first kappa shape index (κ1) is 9.84. The van der Waals surface area contributed by atoms with Gasteiger partial charge in [-0.3, -0.25) is 0 Å². The van der Waals surface area contributed by atoms with Crippen LogP contribution in [0.3, 0.4) is 0 Å². The minimum atomic E-state index is -0.430. The molecule has 0 aromatic carbocycles. The molecule has 0 spiro atoms. The SMILES string of the molecule is CC(C)(C)OC(=O)C1=CC=CCN1. The first-order chi connectivity index (χ1) is 5.99. The van der Waals surface area contributed by atoms with Gasteiger partial charge in [0.05, 0.1) is 0 Å². The number of esters is 1. The summed E-state index contributed by atoms with van der Waals surface area (Å²) in [6.45, 7) is 6.24. The van der Waals surface area contributed by atoms with E-state index in [1.54, 1.807) is 6.08 Å². The van der Waals surface area contributed by atoms with E-state index in [1.165, 1.54) is 0 Å². The Morgan fingerprint density at radius 2 is 2.23 bits per heavy atom. The lowest BCUT2D eigenvalue weighted by Crippen LogP contribution is -2.30. The van der Waals surface area contributed by atoms with Crippen LogP contribution in [0.15, 0.2) is 23.9 Å². The van der Waals surface area contributed by atoms with E-state index in [4.69, 9.17) is 4.74 Å². The Labute approximate surface area is 78.5 Å². The molecule has 0 amide bonds. The van der Waals surface area contributed by atoms with Gasteiger partial charge in [0, 0.05) is 6.54 Å². The first-order valence-corrected chi connectivity index (χ1v) is 4.33. The van der Waals surface area contributed by atoms with Crippen LogP contribution < -0.4 is 5.32 Å². The second-order valence-corrected chi connectivity index (χ2v) is 3.89. The Hall–Kier alpha value is -1.25. The summed E-state index contributed by atoms with van der Waals surface area (Å²) in [7, 11) is 0. The van der Waals surface area contributed by atoms with Gasteiger partial charge in [0.25, 0.3) is 0 Å². The average Bonchev–Trinajstić information content (AvgIpc) is 2.03. The van der Waals surface area contributed by atoms with Gasteiger partial charge in [0.2, 0.25) is 0 Å². The molecule has 1 rings (SSSR count). The number of dihydropyridines is 1. The smallest absolute Gasteiger partial charge is 0.354 e. The maximum absolute atomic E-state index is 11.4. The molecule has 13 heavy (non-hydrogen) atoms. The van der Waals surface area contributed by atoms with Crippen molar-refractivity contribution in [3.05, 3.63) is 23.9 Å². The fourth-order valence-electron chi connectivity index (χ4n) is 0.933. The van der Waals surface area contributed by atoms with Gasteiger partial charge in [-0.25, -0.2) is 4.79 Å². The van der Waals surface area contributed by atoms with Crippen LogP contribution in [-0.4, -0.2) is 18.1 Å². The Bertz CT molecular complexity index is 259. The van der Waals surface area contributed by atoms with Crippen LogP contribution in [-0.2, 0) is 9.53 Å². The maximum atomic E-state index is 11.4. The van der Waals surface area contributed by atoms with Gasteiger partial charge >= 0.3 is 5.97 Å². The van der Waals surface area contributed by atoms with E-state index in [9.17, 15) is 4.79 Å². The quantitative estimate of drug-likeness (QED) is 0.621. The predicted molar refractivity (Wildman–Crippen MR) is 51.1 cm³/mol. The van der Waals surface area contributed by atoms with Crippen molar-refractivity contribution >= 4 is 5.97 Å². The summed E-state index contributed by atoms with van der Waals surface area (Å²) in [5.74, 6) is -0.295. The van der Waals surface area contributed by atoms with Gasteiger partial charge in [0.15, 0.2) is 0 Å². The van der Waals surface area contributed by atoms with Gasteiger partial charge < -0.3 is 10.1 Å². The highest BCUT2D eigenvalue weighted by molar-refractivity contribution is 5.88. The summed E-state index contributed by atoms with van der Waals surface area (Å²) >= 11 is 0. The molecule has 0 fully saturated rings. The molecule has 1 aliphatic rings. The van der Waals surface area contributed by atoms with Crippen molar-refractivity contribution in [2.24, 2.45) is 0 Å². The number of nitrogens with one attached hydrogen (secondary N) is 1. The molecule has 0 unspecified atom stereocenters. The van der Waals surface area contributed by atoms with Crippen LogP contribution >= 0.6 is 0 Å². The molecule has 0 saturated heterocycles. The molecule has 0 aromatic rings. The topological polar surface area (TPSA) is 38.3 Å². The van der Waals surface area contributed by atoms with Crippen LogP contribution in [0.2, 0.25) is 0 Å². The van der Waals surface area contributed by atoms with E-state index in [1.807, 2.05) is 32.9 Å². The fraction of sp³-hybridized carbons (Fsp3) is 0.500. The molecule has 0 aliphatic carbocycles. The molecule has 1 N–H and O–H groups in total. The number of carbonyl (C=O) groups is 1. The standard InChI is InChI=1S/C10H15NO2/c1-10(2,3)13-9(12)8-6-4-5-7-11-8/h4-6,11H,7H2,1-3H3. The predicted octanol–water partition coefficient (Wildman–Crippen LogP) is 1.37. The molecule has 1 heterocycles. The lowest BCUT2D eigenvalue weighted by molar-refractivity contribution is -0.150. The Morgan fingerprint density at radius 3 is 2.69 bits per heavy atom. The van der Waals surface area contributed by atoms with Gasteiger partial charge in [0.1, 0.15) is 11.3 Å². The van der Waals surface area contributed by atoms with Crippen molar-refractivity contribution in [3.63, 3.8) is 0 Å². The number of hydrogen-bond donors (Lipinski definition) is 1. The van der Waals surface area contributed by atoms with Crippen molar-refractivity contribution in [1.29, 1.82) is 0 Å². The second kappa shape index (κ2) is 3.64. The summed E-state index contributed by atoms with van der Waals surface area (Å²) in [4.78, 5) is 11.4. The van der Waals surface area contributed by atoms with E-state index in [2.05, 4.69) is 5.32 Å². The number of carbonyl (C=O) groups excluding carboxylic acids is 1. The second-order valence-electron chi connectivity index (χ2n) is 3.89. The van der Waals surface area contributed by atoms with Crippen molar-refractivity contribution < 1.29 is 9.53 Å².